The van der Waals surface area contributed by atoms with E-state index in [0.717, 1.165) is 50.6 Å². The summed E-state index contributed by atoms with van der Waals surface area (Å²) in [5.74, 6) is 1.50. The van der Waals surface area contributed by atoms with Crippen molar-refractivity contribution in [1.82, 2.24) is 4.90 Å². The molecule has 35 heavy (non-hydrogen) atoms. The molecule has 0 spiro atoms. The van der Waals surface area contributed by atoms with Crippen molar-refractivity contribution >= 4 is 51.6 Å². The number of rotatable bonds is 7. The van der Waals surface area contributed by atoms with E-state index in [4.69, 9.17) is 25.5 Å². The summed E-state index contributed by atoms with van der Waals surface area (Å²) in [6.45, 7) is 5.41. The number of methoxy groups -OCH3 is 1. The first-order chi connectivity index (χ1) is 16.6. The Morgan fingerprint density at radius 3 is 2.51 bits per heavy atom. The maximum Gasteiger partial charge on any atom is 0.200 e. The molecule has 0 unspecified atom stereocenters. The molecule has 0 radical (unpaired) electrons. The van der Waals surface area contributed by atoms with E-state index < -0.39 is 0 Å². The largest absolute Gasteiger partial charge is 0.495 e. The number of hydrogen-bond acceptors (Lipinski definition) is 6. The molecule has 184 valence electrons. The highest BCUT2D eigenvalue weighted by atomic mass is 35.5. The highest BCUT2D eigenvalue weighted by Gasteiger charge is 2.19. The van der Waals surface area contributed by atoms with Crippen LogP contribution in [-0.2, 0) is 0 Å². The summed E-state index contributed by atoms with van der Waals surface area (Å²) in [5, 5.41) is 1.56. The van der Waals surface area contributed by atoms with Crippen LogP contribution in [0.4, 0.5) is 5.69 Å². The van der Waals surface area contributed by atoms with Crippen molar-refractivity contribution in [3.05, 3.63) is 75.9 Å². The summed E-state index contributed by atoms with van der Waals surface area (Å²) in [4.78, 5) is 17.7. The lowest BCUT2D eigenvalue weighted by atomic mass is 10.1. The summed E-state index contributed by atoms with van der Waals surface area (Å²) in [6, 6.07) is 18.7. The van der Waals surface area contributed by atoms with Crippen LogP contribution < -0.4 is 19.8 Å². The first-order valence-electron chi connectivity index (χ1n) is 11.5. The third-order valence-electron chi connectivity index (χ3n) is 6.30. The van der Waals surface area contributed by atoms with Gasteiger partial charge in [-0.25, -0.2) is 0 Å². The van der Waals surface area contributed by atoms with E-state index in [1.54, 1.807) is 31.4 Å². The molecule has 0 aliphatic carbocycles. The van der Waals surface area contributed by atoms with Crippen LogP contribution in [0.15, 0.2) is 69.9 Å². The fourth-order valence-corrected chi connectivity index (χ4v) is 4.67. The lowest BCUT2D eigenvalue weighted by Gasteiger charge is -2.36. The van der Waals surface area contributed by atoms with Gasteiger partial charge < -0.3 is 18.8 Å². The number of fused-ring (bicyclic) bond motifs is 2. The summed E-state index contributed by atoms with van der Waals surface area (Å²) in [6.07, 6.45) is 0.884. The van der Waals surface area contributed by atoms with Crippen LogP contribution in [0.5, 0.6) is 11.5 Å². The summed E-state index contributed by atoms with van der Waals surface area (Å²) < 4.78 is 17.6. The molecule has 6 nitrogen and oxygen atoms in total. The zero-order valence-corrected chi connectivity index (χ0v) is 21.1. The monoisotopic (exact) mass is 514 g/mol. The molecule has 5 rings (SSSR count). The number of anilines is 1. The molecule has 0 atom stereocenters. The number of hydrogen-bond donors (Lipinski definition) is 0. The van der Waals surface area contributed by atoms with E-state index in [-0.39, 0.29) is 17.8 Å². The molecule has 1 aliphatic rings. The van der Waals surface area contributed by atoms with Gasteiger partial charge in [0.1, 0.15) is 11.3 Å². The van der Waals surface area contributed by atoms with Crippen molar-refractivity contribution in [2.75, 3.05) is 51.3 Å². The van der Waals surface area contributed by atoms with Gasteiger partial charge in [0.05, 0.1) is 30.2 Å². The van der Waals surface area contributed by atoms with Gasteiger partial charge in [0.2, 0.25) is 5.43 Å². The Balaban J connectivity index is 0.00000289. The van der Waals surface area contributed by atoms with Crippen LogP contribution in [0.25, 0.3) is 21.9 Å². The molecule has 0 amide bonds. The van der Waals surface area contributed by atoms with Gasteiger partial charge in [-0.3, -0.25) is 9.69 Å². The van der Waals surface area contributed by atoms with Crippen LogP contribution in [0.3, 0.4) is 0 Å². The van der Waals surface area contributed by atoms with Gasteiger partial charge in [-0.1, -0.05) is 29.8 Å². The van der Waals surface area contributed by atoms with Crippen molar-refractivity contribution < 1.29 is 13.9 Å². The van der Waals surface area contributed by atoms with E-state index in [9.17, 15) is 4.79 Å². The van der Waals surface area contributed by atoms with Crippen LogP contribution >= 0.6 is 24.0 Å². The molecule has 2 heterocycles. The molecular formula is C27H28Cl2N2O4. The number of para-hydroxylation sites is 3. The minimum absolute atomic E-state index is 0. The second-order valence-electron chi connectivity index (χ2n) is 8.41. The quantitative estimate of drug-likeness (QED) is 0.235. The van der Waals surface area contributed by atoms with Crippen molar-refractivity contribution in [1.29, 1.82) is 0 Å². The van der Waals surface area contributed by atoms with Crippen molar-refractivity contribution in [3.63, 3.8) is 0 Å². The summed E-state index contributed by atoms with van der Waals surface area (Å²) in [5.41, 5.74) is 2.01. The van der Waals surface area contributed by atoms with E-state index in [2.05, 4.69) is 15.9 Å². The predicted molar refractivity (Wildman–Crippen MR) is 144 cm³/mol. The maximum atomic E-state index is 12.9. The van der Waals surface area contributed by atoms with Crippen molar-refractivity contribution in [3.8, 4) is 11.5 Å². The van der Waals surface area contributed by atoms with Gasteiger partial charge in [0.25, 0.3) is 0 Å². The second kappa shape index (κ2) is 11.2. The minimum Gasteiger partial charge on any atom is -0.495 e. The molecule has 0 N–H and O–H groups in total. The highest BCUT2D eigenvalue weighted by Crippen LogP contribution is 2.29. The molecule has 1 fully saturated rings. The second-order valence-corrected chi connectivity index (χ2v) is 8.84. The van der Waals surface area contributed by atoms with Gasteiger partial charge in [0, 0.05) is 43.8 Å². The van der Waals surface area contributed by atoms with E-state index >= 15 is 0 Å². The van der Waals surface area contributed by atoms with E-state index in [1.807, 2.05) is 30.3 Å². The molecule has 1 aliphatic heterocycles. The Morgan fingerprint density at radius 1 is 0.943 bits per heavy atom. The van der Waals surface area contributed by atoms with Gasteiger partial charge >= 0.3 is 0 Å². The average molecular weight is 515 g/mol. The minimum atomic E-state index is -0.0775. The van der Waals surface area contributed by atoms with Gasteiger partial charge in [-0.15, -0.1) is 12.4 Å². The topological polar surface area (TPSA) is 55.2 Å². The summed E-state index contributed by atoms with van der Waals surface area (Å²) in [7, 11) is 1.72. The van der Waals surface area contributed by atoms with Crippen LogP contribution in [0, 0.1) is 0 Å². The van der Waals surface area contributed by atoms with Crippen LogP contribution in [-0.4, -0.2) is 51.3 Å². The maximum absolute atomic E-state index is 12.9. The fraction of sp³-hybridized carbons (Fsp3) is 0.296. The van der Waals surface area contributed by atoms with Gasteiger partial charge in [0.15, 0.2) is 11.3 Å². The van der Waals surface area contributed by atoms with Gasteiger partial charge in [-0.05, 0) is 42.8 Å². The normalized spacial score (nSPS) is 14.2. The lowest BCUT2D eigenvalue weighted by Crippen LogP contribution is -2.46. The zero-order valence-electron chi connectivity index (χ0n) is 19.5. The fourth-order valence-electron chi connectivity index (χ4n) is 4.51. The molecule has 3 aromatic carbocycles. The Labute approximate surface area is 215 Å². The molecule has 0 bridgehead atoms. The predicted octanol–water partition coefficient (Wildman–Crippen LogP) is 5.62. The standard InChI is InChI=1S/C27H27ClN2O4.ClH/c1-32-23-8-3-2-7-22(23)30-15-13-29(14-16-30)12-5-17-33-24-9-4-6-21-26(31)20-11-10-19(28)18-25(20)34-27(21)24;/h2-4,6-11,18H,5,12-17H2,1H3;1H. The molecular weight excluding hydrogens is 487 g/mol. The number of halogens is 2. The SMILES string of the molecule is COc1ccccc1N1CCN(CCCOc2cccc3c(=O)c4ccc(Cl)cc4oc23)CC1.Cl. The Kier molecular flexibility index (Phi) is 8.06. The average Bonchev–Trinajstić information content (AvgIpc) is 2.87. The van der Waals surface area contributed by atoms with Crippen molar-refractivity contribution in [2.24, 2.45) is 0 Å². The first kappa shape index (κ1) is 25.2. The number of benzene rings is 3. The number of ether oxygens (including phenoxy) is 2. The zero-order chi connectivity index (χ0) is 23.5. The third kappa shape index (κ3) is 5.35. The van der Waals surface area contributed by atoms with Gasteiger partial charge in [-0.2, -0.15) is 0 Å². The van der Waals surface area contributed by atoms with Crippen LogP contribution in [0.2, 0.25) is 5.02 Å². The molecule has 1 saturated heterocycles. The Bertz CT molecular complexity index is 1370. The first-order valence-corrected chi connectivity index (χ1v) is 11.9. The number of piperazine rings is 1. The number of nitrogens with zero attached hydrogens (tertiary/aromatic N) is 2. The van der Waals surface area contributed by atoms with Crippen molar-refractivity contribution in [2.45, 2.75) is 6.42 Å². The summed E-state index contributed by atoms with van der Waals surface area (Å²) >= 11 is 6.09. The molecule has 1 aromatic heterocycles. The van der Waals surface area contributed by atoms with E-state index in [0.29, 0.717) is 39.3 Å². The lowest BCUT2D eigenvalue weighted by molar-refractivity contribution is 0.224. The molecule has 8 heteroatoms. The highest BCUT2D eigenvalue weighted by molar-refractivity contribution is 6.31. The Hall–Kier alpha value is -2.93. The third-order valence-corrected chi connectivity index (χ3v) is 6.53. The van der Waals surface area contributed by atoms with E-state index in [1.165, 1.54) is 0 Å². The van der Waals surface area contributed by atoms with Crippen LogP contribution in [0.1, 0.15) is 6.42 Å². The Morgan fingerprint density at radius 2 is 1.71 bits per heavy atom. The molecule has 0 saturated carbocycles. The smallest absolute Gasteiger partial charge is 0.200 e. The molecule has 4 aromatic rings.